The molecule has 3 rings (SSSR count). The molecular weight excluding hydrogens is 262 g/mol. The van der Waals surface area contributed by atoms with Crippen LogP contribution in [0.5, 0.6) is 0 Å². The first-order valence-corrected chi connectivity index (χ1v) is 8.63. The van der Waals surface area contributed by atoms with Gasteiger partial charge in [-0.1, -0.05) is 6.42 Å². The number of hydrogen-bond acceptors (Lipinski definition) is 3. The average Bonchev–Trinajstić information content (AvgIpc) is 3.04. The fourth-order valence-corrected chi connectivity index (χ4v) is 4.01. The fourth-order valence-electron chi connectivity index (χ4n) is 2.43. The Morgan fingerprint density at radius 2 is 2.16 bits per heavy atom. The standard InChI is InChI=1S/C13H21N3O2S/c1-10(15-19(17,18)13-5-6-13)12-7-14-16(9-12)8-11-3-2-4-11/h7,9-11,13,15H,2-6,8H2,1H3. The van der Waals surface area contributed by atoms with E-state index in [1.54, 1.807) is 6.20 Å². The van der Waals surface area contributed by atoms with Crippen LogP contribution in [0.3, 0.4) is 0 Å². The van der Waals surface area contributed by atoms with Crippen molar-refractivity contribution in [3.8, 4) is 0 Å². The highest BCUT2D eigenvalue weighted by Gasteiger charge is 2.36. The van der Waals surface area contributed by atoms with Crippen molar-refractivity contribution in [3.05, 3.63) is 18.0 Å². The van der Waals surface area contributed by atoms with Gasteiger partial charge in [0.25, 0.3) is 0 Å². The number of hydrogen-bond donors (Lipinski definition) is 1. The Hall–Kier alpha value is -0.880. The molecule has 0 aliphatic heterocycles. The fraction of sp³-hybridized carbons (Fsp3) is 0.769. The van der Waals surface area contributed by atoms with Crippen LogP contribution in [0.4, 0.5) is 0 Å². The smallest absolute Gasteiger partial charge is 0.215 e. The summed E-state index contributed by atoms with van der Waals surface area (Å²) in [5.41, 5.74) is 0.948. The average molecular weight is 283 g/mol. The normalized spacial score (nSPS) is 22.2. The molecule has 6 heteroatoms. The molecular formula is C13H21N3O2S. The van der Waals surface area contributed by atoms with Gasteiger partial charge >= 0.3 is 0 Å². The zero-order chi connectivity index (χ0) is 13.5. The number of nitrogens with one attached hydrogen (secondary N) is 1. The topological polar surface area (TPSA) is 64.0 Å². The van der Waals surface area contributed by atoms with Gasteiger partial charge in [-0.05, 0) is 38.5 Å². The largest absolute Gasteiger partial charge is 0.272 e. The molecule has 1 heterocycles. The first kappa shape index (κ1) is 13.1. The van der Waals surface area contributed by atoms with Gasteiger partial charge in [-0.25, -0.2) is 13.1 Å². The van der Waals surface area contributed by atoms with E-state index in [9.17, 15) is 8.42 Å². The Morgan fingerprint density at radius 3 is 2.74 bits per heavy atom. The molecule has 106 valence electrons. The van der Waals surface area contributed by atoms with Crippen molar-refractivity contribution in [2.45, 2.75) is 56.9 Å². The summed E-state index contributed by atoms with van der Waals surface area (Å²) < 4.78 is 28.5. The second-order valence-electron chi connectivity index (χ2n) is 5.88. The van der Waals surface area contributed by atoms with Gasteiger partial charge in [-0.3, -0.25) is 4.68 Å². The van der Waals surface area contributed by atoms with Crippen LogP contribution in [0.1, 0.15) is 50.6 Å². The minimum Gasteiger partial charge on any atom is -0.272 e. The highest BCUT2D eigenvalue weighted by molar-refractivity contribution is 7.90. The molecule has 1 atom stereocenters. The zero-order valence-corrected chi connectivity index (χ0v) is 12.1. The first-order chi connectivity index (χ1) is 9.04. The lowest BCUT2D eigenvalue weighted by Gasteiger charge is -2.24. The molecule has 19 heavy (non-hydrogen) atoms. The van der Waals surface area contributed by atoms with Gasteiger partial charge in [0.2, 0.25) is 10.0 Å². The molecule has 0 amide bonds. The van der Waals surface area contributed by atoms with Crippen molar-refractivity contribution in [3.63, 3.8) is 0 Å². The minimum atomic E-state index is -3.13. The van der Waals surface area contributed by atoms with E-state index in [4.69, 9.17) is 0 Å². The maximum Gasteiger partial charge on any atom is 0.215 e. The molecule has 0 spiro atoms. The van der Waals surface area contributed by atoms with Crippen LogP contribution in [0.25, 0.3) is 0 Å². The third kappa shape index (κ3) is 3.00. The van der Waals surface area contributed by atoms with E-state index in [2.05, 4.69) is 9.82 Å². The van der Waals surface area contributed by atoms with Gasteiger partial charge in [-0.15, -0.1) is 0 Å². The summed E-state index contributed by atoms with van der Waals surface area (Å²) in [6, 6.07) is -0.194. The Labute approximate surface area is 114 Å². The SMILES string of the molecule is CC(NS(=O)(=O)C1CC1)c1cnn(CC2CCC2)c1. The molecule has 2 aliphatic carbocycles. The lowest BCUT2D eigenvalue weighted by atomic mass is 9.85. The summed E-state index contributed by atoms with van der Waals surface area (Å²) in [5, 5.41) is 4.16. The predicted molar refractivity (Wildman–Crippen MR) is 73.1 cm³/mol. The van der Waals surface area contributed by atoms with Crippen LogP contribution in [0, 0.1) is 5.92 Å². The van der Waals surface area contributed by atoms with Gasteiger partial charge in [0.15, 0.2) is 0 Å². The molecule has 1 aromatic rings. The third-order valence-electron chi connectivity index (χ3n) is 4.13. The van der Waals surface area contributed by atoms with E-state index < -0.39 is 10.0 Å². The van der Waals surface area contributed by atoms with E-state index in [0.717, 1.165) is 30.9 Å². The maximum atomic E-state index is 11.9. The second-order valence-corrected chi connectivity index (χ2v) is 7.87. The van der Waals surface area contributed by atoms with Crippen molar-refractivity contribution in [2.24, 2.45) is 5.92 Å². The number of rotatable bonds is 6. The van der Waals surface area contributed by atoms with Gasteiger partial charge in [0, 0.05) is 24.3 Å². The van der Waals surface area contributed by atoms with Crippen LogP contribution >= 0.6 is 0 Å². The number of nitrogens with zero attached hydrogens (tertiary/aromatic N) is 2. The molecule has 1 unspecified atom stereocenters. The van der Waals surface area contributed by atoms with Crippen molar-refractivity contribution in [1.82, 2.24) is 14.5 Å². The van der Waals surface area contributed by atoms with Crippen molar-refractivity contribution in [2.75, 3.05) is 0 Å². The highest BCUT2D eigenvalue weighted by atomic mass is 32.2. The number of aromatic nitrogens is 2. The first-order valence-electron chi connectivity index (χ1n) is 7.08. The molecule has 1 N–H and O–H groups in total. The van der Waals surface area contributed by atoms with Crippen LogP contribution < -0.4 is 4.72 Å². The van der Waals surface area contributed by atoms with Gasteiger partial charge in [0.05, 0.1) is 11.4 Å². The molecule has 5 nitrogen and oxygen atoms in total. The summed E-state index contributed by atoms with van der Waals surface area (Å²) in [7, 11) is -3.13. The molecule has 2 fully saturated rings. The molecule has 2 aliphatic rings. The van der Waals surface area contributed by atoms with E-state index in [0.29, 0.717) is 0 Å². The monoisotopic (exact) mass is 283 g/mol. The molecule has 0 aromatic carbocycles. The van der Waals surface area contributed by atoms with Crippen molar-refractivity contribution < 1.29 is 8.42 Å². The predicted octanol–water partition coefficient (Wildman–Crippen LogP) is 1.83. The highest BCUT2D eigenvalue weighted by Crippen LogP contribution is 2.30. The Bertz CT molecular complexity index is 544. The molecule has 2 saturated carbocycles. The van der Waals surface area contributed by atoms with Crippen molar-refractivity contribution >= 4 is 10.0 Å². The Kier molecular flexibility index (Phi) is 3.39. The molecule has 0 saturated heterocycles. The second kappa shape index (κ2) is 4.90. The van der Waals surface area contributed by atoms with E-state index >= 15 is 0 Å². The van der Waals surface area contributed by atoms with E-state index in [1.807, 2.05) is 17.8 Å². The Balaban J connectivity index is 1.61. The van der Waals surface area contributed by atoms with Crippen LogP contribution in [0.2, 0.25) is 0 Å². The lowest BCUT2D eigenvalue weighted by Crippen LogP contribution is -2.29. The summed E-state index contributed by atoms with van der Waals surface area (Å²) in [6.45, 7) is 2.84. The summed E-state index contributed by atoms with van der Waals surface area (Å²) in [6.07, 6.45) is 9.25. The Morgan fingerprint density at radius 1 is 1.42 bits per heavy atom. The quantitative estimate of drug-likeness (QED) is 0.866. The third-order valence-corrected chi connectivity index (χ3v) is 6.16. The molecule has 0 radical (unpaired) electrons. The number of sulfonamides is 1. The summed E-state index contributed by atoms with van der Waals surface area (Å²) in [5.74, 6) is 0.756. The van der Waals surface area contributed by atoms with Gasteiger partial charge < -0.3 is 0 Å². The van der Waals surface area contributed by atoms with E-state index in [-0.39, 0.29) is 11.3 Å². The van der Waals surface area contributed by atoms with Gasteiger partial charge in [-0.2, -0.15) is 5.10 Å². The van der Waals surface area contributed by atoms with Crippen LogP contribution in [0.15, 0.2) is 12.4 Å². The summed E-state index contributed by atoms with van der Waals surface area (Å²) in [4.78, 5) is 0. The van der Waals surface area contributed by atoms with E-state index in [1.165, 1.54) is 19.3 Å². The van der Waals surface area contributed by atoms with Crippen molar-refractivity contribution in [1.29, 1.82) is 0 Å². The lowest BCUT2D eigenvalue weighted by molar-refractivity contribution is 0.266. The van der Waals surface area contributed by atoms with Gasteiger partial charge in [0.1, 0.15) is 0 Å². The van der Waals surface area contributed by atoms with Crippen LogP contribution in [-0.2, 0) is 16.6 Å². The summed E-state index contributed by atoms with van der Waals surface area (Å²) >= 11 is 0. The maximum absolute atomic E-state index is 11.9. The zero-order valence-electron chi connectivity index (χ0n) is 11.2. The molecule has 1 aromatic heterocycles. The van der Waals surface area contributed by atoms with Crippen LogP contribution in [-0.4, -0.2) is 23.4 Å². The minimum absolute atomic E-state index is 0.167. The molecule has 0 bridgehead atoms.